The SMILES string of the molecule is CC(F)(F)c1cc(Cl)cc(C(C)(F)F)n1. The highest BCUT2D eigenvalue weighted by Gasteiger charge is 2.32. The van der Waals surface area contributed by atoms with Crippen LogP contribution in [0.25, 0.3) is 0 Å². The van der Waals surface area contributed by atoms with Gasteiger partial charge in [-0.1, -0.05) is 11.6 Å². The predicted molar refractivity (Wildman–Crippen MR) is 48.4 cm³/mol. The highest BCUT2D eigenvalue weighted by molar-refractivity contribution is 6.30. The Hall–Kier alpha value is -0.840. The zero-order chi connectivity index (χ0) is 11.9. The summed E-state index contributed by atoms with van der Waals surface area (Å²) in [7, 11) is 0. The molecule has 0 aliphatic heterocycles. The van der Waals surface area contributed by atoms with Gasteiger partial charge >= 0.3 is 0 Å². The van der Waals surface area contributed by atoms with E-state index < -0.39 is 23.2 Å². The topological polar surface area (TPSA) is 12.9 Å². The second kappa shape index (κ2) is 3.63. The Labute approximate surface area is 89.1 Å². The first-order valence-corrected chi connectivity index (χ1v) is 4.42. The van der Waals surface area contributed by atoms with Gasteiger partial charge in [0.15, 0.2) is 0 Å². The van der Waals surface area contributed by atoms with Gasteiger partial charge in [0.2, 0.25) is 0 Å². The second-order valence-electron chi connectivity index (χ2n) is 3.33. The monoisotopic (exact) mass is 241 g/mol. The Balaban J connectivity index is 3.30. The summed E-state index contributed by atoms with van der Waals surface area (Å²) in [4.78, 5) is 3.19. The van der Waals surface area contributed by atoms with E-state index in [1.807, 2.05) is 0 Å². The van der Waals surface area contributed by atoms with E-state index >= 15 is 0 Å². The Bertz CT molecular complexity index is 335. The first-order valence-electron chi connectivity index (χ1n) is 4.05. The van der Waals surface area contributed by atoms with Gasteiger partial charge in [-0.3, -0.25) is 0 Å². The zero-order valence-corrected chi connectivity index (χ0v) is 8.75. The normalized spacial score (nSPS) is 13.0. The van der Waals surface area contributed by atoms with Gasteiger partial charge in [-0.05, 0) is 12.1 Å². The lowest BCUT2D eigenvalue weighted by Gasteiger charge is -2.15. The van der Waals surface area contributed by atoms with E-state index in [1.54, 1.807) is 0 Å². The van der Waals surface area contributed by atoms with Crippen LogP contribution < -0.4 is 0 Å². The van der Waals surface area contributed by atoms with Crippen LogP contribution in [0.15, 0.2) is 12.1 Å². The fourth-order valence-corrected chi connectivity index (χ4v) is 1.15. The number of halogens is 5. The third-order valence-electron chi connectivity index (χ3n) is 1.69. The second-order valence-corrected chi connectivity index (χ2v) is 3.77. The molecule has 0 radical (unpaired) electrons. The van der Waals surface area contributed by atoms with E-state index in [2.05, 4.69) is 4.98 Å². The number of nitrogens with zero attached hydrogens (tertiary/aromatic N) is 1. The first kappa shape index (κ1) is 12.2. The predicted octanol–water partition coefficient (Wildman–Crippen LogP) is 3.96. The molecule has 6 heteroatoms. The molecule has 1 rings (SSSR count). The van der Waals surface area contributed by atoms with Crippen LogP contribution in [0.1, 0.15) is 25.2 Å². The van der Waals surface area contributed by atoms with E-state index in [9.17, 15) is 17.6 Å². The quantitative estimate of drug-likeness (QED) is 0.714. The summed E-state index contributed by atoms with van der Waals surface area (Å²) in [5.41, 5.74) is -1.52. The van der Waals surface area contributed by atoms with Crippen molar-refractivity contribution in [3.63, 3.8) is 0 Å². The van der Waals surface area contributed by atoms with Gasteiger partial charge in [0, 0.05) is 18.9 Å². The molecule has 0 fully saturated rings. The van der Waals surface area contributed by atoms with Gasteiger partial charge in [-0.25, -0.2) is 4.98 Å². The van der Waals surface area contributed by atoms with Gasteiger partial charge in [-0.2, -0.15) is 17.6 Å². The van der Waals surface area contributed by atoms with Crippen LogP contribution in [-0.4, -0.2) is 4.98 Å². The van der Waals surface area contributed by atoms with Crippen LogP contribution in [0, 0.1) is 0 Å². The first-order chi connectivity index (χ1) is 6.60. The molecule has 0 saturated heterocycles. The van der Waals surface area contributed by atoms with Crippen molar-refractivity contribution in [1.29, 1.82) is 0 Å². The van der Waals surface area contributed by atoms with Crippen molar-refractivity contribution in [2.75, 3.05) is 0 Å². The van der Waals surface area contributed by atoms with Crippen LogP contribution in [0.5, 0.6) is 0 Å². The van der Waals surface area contributed by atoms with Crippen LogP contribution in [0.4, 0.5) is 17.6 Å². The van der Waals surface area contributed by atoms with Crippen LogP contribution in [0.2, 0.25) is 5.02 Å². The summed E-state index contributed by atoms with van der Waals surface area (Å²) in [6, 6.07) is 1.74. The minimum absolute atomic E-state index is 0.182. The Morgan fingerprint density at radius 3 is 1.60 bits per heavy atom. The summed E-state index contributed by atoms with van der Waals surface area (Å²) < 4.78 is 51.3. The van der Waals surface area contributed by atoms with Gasteiger partial charge in [0.25, 0.3) is 11.8 Å². The summed E-state index contributed by atoms with van der Waals surface area (Å²) in [5.74, 6) is -6.57. The Kier molecular flexibility index (Phi) is 2.96. The summed E-state index contributed by atoms with van der Waals surface area (Å²) >= 11 is 5.46. The number of pyridine rings is 1. The lowest BCUT2D eigenvalue weighted by atomic mass is 10.2. The highest BCUT2D eigenvalue weighted by atomic mass is 35.5. The lowest BCUT2D eigenvalue weighted by molar-refractivity contribution is 0.00140. The third-order valence-corrected chi connectivity index (χ3v) is 1.91. The summed E-state index contributed by atoms with van der Waals surface area (Å²) in [6.07, 6.45) is 0. The van der Waals surface area contributed by atoms with Gasteiger partial charge in [0.05, 0.1) is 0 Å². The van der Waals surface area contributed by atoms with Crippen LogP contribution in [0.3, 0.4) is 0 Å². The molecule has 84 valence electrons. The van der Waals surface area contributed by atoms with Gasteiger partial charge < -0.3 is 0 Å². The average Bonchev–Trinajstić information content (AvgIpc) is 1.99. The largest absolute Gasteiger partial charge is 0.287 e. The lowest BCUT2D eigenvalue weighted by Crippen LogP contribution is -2.16. The number of aromatic nitrogens is 1. The number of rotatable bonds is 2. The maximum atomic E-state index is 12.8. The molecule has 0 spiro atoms. The van der Waals surface area contributed by atoms with Crippen molar-refractivity contribution in [1.82, 2.24) is 4.98 Å². The van der Waals surface area contributed by atoms with Crippen molar-refractivity contribution < 1.29 is 17.6 Å². The molecule has 0 aromatic carbocycles. The molecule has 1 heterocycles. The number of hydrogen-bond donors (Lipinski definition) is 0. The molecular weight excluding hydrogens is 234 g/mol. The third kappa shape index (κ3) is 3.06. The molecule has 0 unspecified atom stereocenters. The molecule has 1 nitrogen and oxygen atoms in total. The molecule has 1 aromatic rings. The van der Waals surface area contributed by atoms with E-state index in [1.165, 1.54) is 0 Å². The Morgan fingerprint density at radius 2 is 1.33 bits per heavy atom. The summed E-state index contributed by atoms with van der Waals surface area (Å²) in [5, 5.41) is -0.182. The van der Waals surface area contributed by atoms with Crippen LogP contribution >= 0.6 is 11.6 Å². The molecule has 0 atom stereocenters. The maximum absolute atomic E-state index is 12.8. The number of hydrogen-bond acceptors (Lipinski definition) is 1. The average molecular weight is 242 g/mol. The van der Waals surface area contributed by atoms with Crippen molar-refractivity contribution in [2.45, 2.75) is 25.7 Å². The van der Waals surface area contributed by atoms with E-state index in [-0.39, 0.29) is 5.02 Å². The fraction of sp³-hybridized carbons (Fsp3) is 0.444. The standard InChI is InChI=1S/C9H8ClF4N/c1-8(11,12)6-3-5(10)4-7(15-6)9(2,13)14/h3-4H,1-2H3. The number of alkyl halides is 4. The molecule has 0 aliphatic rings. The van der Waals surface area contributed by atoms with Crippen molar-refractivity contribution in [3.8, 4) is 0 Å². The molecule has 15 heavy (non-hydrogen) atoms. The smallest absolute Gasteiger partial charge is 0.245 e. The van der Waals surface area contributed by atoms with Crippen molar-refractivity contribution >= 4 is 11.6 Å². The molecule has 0 N–H and O–H groups in total. The molecule has 0 aliphatic carbocycles. The fourth-order valence-electron chi connectivity index (χ4n) is 0.947. The molecular formula is C9H8ClF4N. The maximum Gasteiger partial charge on any atom is 0.287 e. The van der Waals surface area contributed by atoms with Crippen LogP contribution in [-0.2, 0) is 11.8 Å². The molecule has 0 amide bonds. The Morgan fingerprint density at radius 1 is 1.00 bits per heavy atom. The summed E-state index contributed by atoms with van der Waals surface area (Å²) in [6.45, 7) is 1.15. The minimum Gasteiger partial charge on any atom is -0.245 e. The zero-order valence-electron chi connectivity index (χ0n) is 7.99. The van der Waals surface area contributed by atoms with E-state index in [0.717, 1.165) is 12.1 Å². The van der Waals surface area contributed by atoms with E-state index in [0.29, 0.717) is 13.8 Å². The highest BCUT2D eigenvalue weighted by Crippen LogP contribution is 2.32. The minimum atomic E-state index is -3.29. The molecule has 0 bridgehead atoms. The van der Waals surface area contributed by atoms with E-state index in [4.69, 9.17) is 11.6 Å². The molecule has 1 aromatic heterocycles. The molecule has 0 saturated carbocycles. The van der Waals surface area contributed by atoms with Gasteiger partial charge in [-0.15, -0.1) is 0 Å². The van der Waals surface area contributed by atoms with Crippen molar-refractivity contribution in [2.24, 2.45) is 0 Å². The van der Waals surface area contributed by atoms with Gasteiger partial charge in [0.1, 0.15) is 11.4 Å². The van der Waals surface area contributed by atoms with Crippen molar-refractivity contribution in [3.05, 3.63) is 28.5 Å².